The average Bonchev–Trinajstić information content (AvgIpc) is 2.36. The highest BCUT2D eigenvalue weighted by atomic mass is 79.9. The van der Waals surface area contributed by atoms with Gasteiger partial charge in [0, 0.05) is 10.2 Å². The Labute approximate surface area is 115 Å². The van der Waals surface area contributed by atoms with E-state index < -0.39 is 11.6 Å². The molecule has 0 aromatic heterocycles. The van der Waals surface area contributed by atoms with Gasteiger partial charge < -0.3 is 4.74 Å². The Balaban J connectivity index is 2.18. The fraction of sp³-hybridized carbons (Fsp3) is 0.571. The first-order chi connectivity index (χ1) is 8.55. The van der Waals surface area contributed by atoms with Crippen LogP contribution in [0.1, 0.15) is 33.1 Å². The van der Waals surface area contributed by atoms with E-state index in [1.54, 1.807) is 0 Å². The molecule has 1 fully saturated rings. The zero-order valence-electron chi connectivity index (χ0n) is 10.6. The van der Waals surface area contributed by atoms with Crippen LogP contribution >= 0.6 is 15.9 Å². The Morgan fingerprint density at radius 1 is 1.33 bits per heavy atom. The monoisotopic (exact) mass is 318 g/mol. The molecule has 1 aliphatic rings. The Morgan fingerprint density at radius 2 is 2.00 bits per heavy atom. The fourth-order valence-electron chi connectivity index (χ4n) is 2.74. The summed E-state index contributed by atoms with van der Waals surface area (Å²) in [5, 5.41) is 0. The number of ether oxygens (including phenoxy) is 1. The molecule has 0 amide bonds. The summed E-state index contributed by atoms with van der Waals surface area (Å²) in [4.78, 5) is 0.390. The largest absolute Gasteiger partial charge is 0.487 e. The Morgan fingerprint density at radius 3 is 2.56 bits per heavy atom. The standard InChI is InChI=1S/C14H17BrF2O/c1-3-14(4-2)11(15)8-12(14)18-10-7-5-6-9(16)13(10)17/h5-7,11-12H,3-4,8H2,1-2H3. The topological polar surface area (TPSA) is 9.23 Å². The number of alkyl halides is 1. The smallest absolute Gasteiger partial charge is 0.200 e. The van der Waals surface area contributed by atoms with Crippen molar-refractivity contribution < 1.29 is 13.5 Å². The molecule has 18 heavy (non-hydrogen) atoms. The lowest BCUT2D eigenvalue weighted by Crippen LogP contribution is -2.56. The normalized spacial score (nSPS) is 25.6. The van der Waals surface area contributed by atoms with Crippen molar-refractivity contribution in [2.45, 2.75) is 44.0 Å². The van der Waals surface area contributed by atoms with E-state index in [2.05, 4.69) is 29.8 Å². The number of halogens is 3. The predicted molar refractivity (Wildman–Crippen MR) is 71.1 cm³/mol. The van der Waals surface area contributed by atoms with E-state index in [9.17, 15) is 8.78 Å². The third-order valence-corrected chi connectivity index (χ3v) is 5.47. The van der Waals surface area contributed by atoms with Gasteiger partial charge >= 0.3 is 0 Å². The summed E-state index contributed by atoms with van der Waals surface area (Å²) in [6, 6.07) is 4.05. The van der Waals surface area contributed by atoms with Crippen LogP contribution in [0.25, 0.3) is 0 Å². The molecular formula is C14H17BrF2O. The molecule has 2 rings (SSSR count). The Hall–Kier alpha value is -0.640. The quantitative estimate of drug-likeness (QED) is 0.732. The molecular weight excluding hydrogens is 302 g/mol. The minimum absolute atomic E-state index is 0.0191. The molecule has 0 bridgehead atoms. The van der Waals surface area contributed by atoms with Gasteiger partial charge in [-0.2, -0.15) is 4.39 Å². The molecule has 1 saturated carbocycles. The van der Waals surface area contributed by atoms with Gasteiger partial charge in [-0.05, 0) is 31.4 Å². The van der Waals surface area contributed by atoms with Gasteiger partial charge in [0.25, 0.3) is 0 Å². The molecule has 0 spiro atoms. The van der Waals surface area contributed by atoms with E-state index in [0.29, 0.717) is 4.83 Å². The zero-order chi connectivity index (χ0) is 13.3. The van der Waals surface area contributed by atoms with Crippen LogP contribution in [0.5, 0.6) is 5.75 Å². The molecule has 0 heterocycles. The van der Waals surface area contributed by atoms with Gasteiger partial charge in [-0.3, -0.25) is 0 Å². The van der Waals surface area contributed by atoms with Crippen LogP contribution in [0.2, 0.25) is 0 Å². The molecule has 4 heteroatoms. The van der Waals surface area contributed by atoms with Crippen LogP contribution in [0.3, 0.4) is 0 Å². The second kappa shape index (κ2) is 5.16. The molecule has 100 valence electrons. The average molecular weight is 319 g/mol. The van der Waals surface area contributed by atoms with Crippen molar-refractivity contribution in [3.8, 4) is 5.75 Å². The maximum Gasteiger partial charge on any atom is 0.200 e. The van der Waals surface area contributed by atoms with E-state index in [-0.39, 0.29) is 17.3 Å². The Kier molecular flexibility index (Phi) is 3.95. The van der Waals surface area contributed by atoms with Gasteiger partial charge in [-0.1, -0.05) is 35.8 Å². The molecule has 1 aliphatic carbocycles. The highest BCUT2D eigenvalue weighted by Crippen LogP contribution is 2.52. The lowest BCUT2D eigenvalue weighted by molar-refractivity contribution is -0.0432. The maximum absolute atomic E-state index is 13.6. The summed E-state index contributed by atoms with van der Waals surface area (Å²) >= 11 is 3.64. The molecule has 0 aliphatic heterocycles. The van der Waals surface area contributed by atoms with Gasteiger partial charge in [0.05, 0.1) is 0 Å². The van der Waals surface area contributed by atoms with E-state index in [1.807, 2.05) is 0 Å². The molecule has 1 aromatic carbocycles. The molecule has 0 N–H and O–H groups in total. The minimum atomic E-state index is -0.892. The van der Waals surface area contributed by atoms with Crippen LogP contribution in [-0.4, -0.2) is 10.9 Å². The van der Waals surface area contributed by atoms with Crippen molar-refractivity contribution in [2.24, 2.45) is 5.41 Å². The van der Waals surface area contributed by atoms with Crippen molar-refractivity contribution in [3.63, 3.8) is 0 Å². The third-order valence-electron chi connectivity index (χ3n) is 4.19. The second-order valence-corrected chi connectivity index (χ2v) is 5.91. The first kappa shape index (κ1) is 13.8. The summed E-state index contributed by atoms with van der Waals surface area (Å²) in [6.45, 7) is 4.21. The van der Waals surface area contributed by atoms with Crippen LogP contribution in [-0.2, 0) is 0 Å². The van der Waals surface area contributed by atoms with Crippen molar-refractivity contribution in [1.82, 2.24) is 0 Å². The van der Waals surface area contributed by atoms with E-state index in [0.717, 1.165) is 25.3 Å². The SMILES string of the molecule is CCC1(CC)C(Br)CC1Oc1cccc(F)c1F. The van der Waals surface area contributed by atoms with E-state index in [1.165, 1.54) is 12.1 Å². The first-order valence-electron chi connectivity index (χ1n) is 6.30. The van der Waals surface area contributed by atoms with Crippen LogP contribution in [0.4, 0.5) is 8.78 Å². The summed E-state index contributed by atoms with van der Waals surface area (Å²) < 4.78 is 32.4. The predicted octanol–water partition coefficient (Wildman–Crippen LogP) is 4.69. The number of hydrogen-bond donors (Lipinski definition) is 0. The van der Waals surface area contributed by atoms with Gasteiger partial charge in [-0.15, -0.1) is 0 Å². The molecule has 1 nitrogen and oxygen atoms in total. The molecule has 2 atom stereocenters. The van der Waals surface area contributed by atoms with Crippen molar-refractivity contribution in [3.05, 3.63) is 29.8 Å². The molecule has 2 unspecified atom stereocenters. The molecule has 0 radical (unpaired) electrons. The van der Waals surface area contributed by atoms with Crippen LogP contribution < -0.4 is 4.74 Å². The number of rotatable bonds is 4. The zero-order valence-corrected chi connectivity index (χ0v) is 12.1. The van der Waals surface area contributed by atoms with Crippen molar-refractivity contribution >= 4 is 15.9 Å². The van der Waals surface area contributed by atoms with Gasteiger partial charge in [0.15, 0.2) is 11.6 Å². The Bertz CT molecular complexity index is 432. The fourth-order valence-corrected chi connectivity index (χ4v) is 4.02. The lowest BCUT2D eigenvalue weighted by Gasteiger charge is -2.52. The minimum Gasteiger partial charge on any atom is -0.487 e. The summed E-state index contributed by atoms with van der Waals surface area (Å²) in [6.07, 6.45) is 2.70. The van der Waals surface area contributed by atoms with E-state index >= 15 is 0 Å². The van der Waals surface area contributed by atoms with E-state index in [4.69, 9.17) is 4.74 Å². The van der Waals surface area contributed by atoms with Gasteiger partial charge in [0.1, 0.15) is 6.10 Å². The summed E-state index contributed by atoms with van der Waals surface area (Å²) in [5.41, 5.74) is 0.0265. The van der Waals surface area contributed by atoms with Crippen molar-refractivity contribution in [1.29, 1.82) is 0 Å². The van der Waals surface area contributed by atoms with Crippen LogP contribution in [0.15, 0.2) is 18.2 Å². The summed E-state index contributed by atoms with van der Waals surface area (Å²) in [7, 11) is 0. The third kappa shape index (κ3) is 2.04. The summed E-state index contributed by atoms with van der Waals surface area (Å²) in [5.74, 6) is -1.73. The highest BCUT2D eigenvalue weighted by Gasteiger charge is 2.53. The highest BCUT2D eigenvalue weighted by molar-refractivity contribution is 9.09. The first-order valence-corrected chi connectivity index (χ1v) is 7.21. The van der Waals surface area contributed by atoms with Gasteiger partial charge in [0.2, 0.25) is 5.82 Å². The molecule has 0 saturated heterocycles. The maximum atomic E-state index is 13.6. The number of hydrogen-bond acceptors (Lipinski definition) is 1. The van der Waals surface area contributed by atoms with Gasteiger partial charge in [-0.25, -0.2) is 4.39 Å². The van der Waals surface area contributed by atoms with Crippen molar-refractivity contribution in [2.75, 3.05) is 0 Å². The van der Waals surface area contributed by atoms with Crippen LogP contribution in [0, 0.1) is 17.0 Å². The number of benzene rings is 1. The lowest BCUT2D eigenvalue weighted by atomic mass is 9.62. The second-order valence-electron chi connectivity index (χ2n) is 4.80. The molecule has 1 aromatic rings.